The molecule has 1 saturated carbocycles. The number of carbonyl (C=O) groups is 1. The Bertz CT molecular complexity index is 735. The number of nitrogens with zero attached hydrogens (tertiary/aromatic N) is 1. The highest BCUT2D eigenvalue weighted by Crippen LogP contribution is 2.29. The van der Waals surface area contributed by atoms with Crippen LogP contribution in [0.5, 0.6) is 0 Å². The topological polar surface area (TPSA) is 30.0 Å². The van der Waals surface area contributed by atoms with Gasteiger partial charge in [0.2, 0.25) is 0 Å². The smallest absolute Gasteiger partial charge is 0.174 e. The Morgan fingerprint density at radius 1 is 1.32 bits per heavy atom. The summed E-state index contributed by atoms with van der Waals surface area (Å²) < 4.78 is 13.1. The van der Waals surface area contributed by atoms with Gasteiger partial charge in [0.05, 0.1) is 11.1 Å². The minimum Gasteiger partial charge on any atom is -0.293 e. The van der Waals surface area contributed by atoms with Gasteiger partial charge in [0.25, 0.3) is 0 Å². The van der Waals surface area contributed by atoms with Crippen LogP contribution in [-0.4, -0.2) is 10.8 Å². The first-order valence-corrected chi connectivity index (χ1v) is 8.29. The normalized spacial score (nSPS) is 14.6. The van der Waals surface area contributed by atoms with E-state index in [0.717, 1.165) is 12.8 Å². The van der Waals surface area contributed by atoms with Crippen molar-refractivity contribution in [3.05, 3.63) is 51.7 Å². The number of hydrogen-bond acceptors (Lipinski definition) is 3. The molecule has 0 aliphatic heterocycles. The van der Waals surface area contributed by atoms with Crippen LogP contribution in [0.15, 0.2) is 30.5 Å². The second-order valence-electron chi connectivity index (χ2n) is 5.57. The lowest BCUT2D eigenvalue weighted by Crippen LogP contribution is -2.03. The molecule has 1 aliphatic carbocycles. The highest BCUT2D eigenvalue weighted by molar-refractivity contribution is 7.14. The number of ketones is 1. The van der Waals surface area contributed by atoms with Crippen molar-refractivity contribution < 1.29 is 9.18 Å². The fraction of sp³-hybridized carbons (Fsp3) is 0.333. The average molecular weight is 313 g/mol. The summed E-state index contributed by atoms with van der Waals surface area (Å²) in [4.78, 5) is 17.1. The second kappa shape index (κ2) is 6.85. The van der Waals surface area contributed by atoms with Crippen molar-refractivity contribution in [1.29, 1.82) is 0 Å². The third-order valence-corrected chi connectivity index (χ3v) is 4.82. The van der Waals surface area contributed by atoms with Crippen molar-refractivity contribution >= 4 is 17.1 Å². The maximum atomic E-state index is 13.1. The first-order valence-electron chi connectivity index (χ1n) is 7.47. The van der Waals surface area contributed by atoms with Gasteiger partial charge >= 0.3 is 0 Å². The van der Waals surface area contributed by atoms with Crippen molar-refractivity contribution in [3.8, 4) is 11.8 Å². The van der Waals surface area contributed by atoms with Crippen LogP contribution in [0.1, 0.15) is 52.3 Å². The maximum Gasteiger partial charge on any atom is 0.174 e. The van der Waals surface area contributed by atoms with E-state index >= 15 is 0 Å². The molecule has 22 heavy (non-hydrogen) atoms. The molecule has 2 aromatic rings. The van der Waals surface area contributed by atoms with Crippen LogP contribution in [-0.2, 0) is 0 Å². The molecule has 0 N–H and O–H groups in total. The maximum absolute atomic E-state index is 13.1. The average Bonchev–Trinajstić information content (AvgIpc) is 3.16. The van der Waals surface area contributed by atoms with Crippen molar-refractivity contribution in [3.63, 3.8) is 0 Å². The zero-order valence-electron chi connectivity index (χ0n) is 12.1. The van der Waals surface area contributed by atoms with Crippen molar-refractivity contribution in [2.24, 2.45) is 5.92 Å². The number of benzene rings is 1. The van der Waals surface area contributed by atoms with E-state index in [4.69, 9.17) is 0 Å². The molecule has 1 aliphatic rings. The first-order chi connectivity index (χ1) is 10.7. The zero-order chi connectivity index (χ0) is 15.4. The summed E-state index contributed by atoms with van der Waals surface area (Å²) in [6, 6.07) is 6.13. The highest BCUT2D eigenvalue weighted by Gasteiger charge is 2.20. The predicted molar refractivity (Wildman–Crippen MR) is 85.4 cm³/mol. The van der Waals surface area contributed by atoms with Crippen molar-refractivity contribution in [1.82, 2.24) is 4.98 Å². The SMILES string of the molecule is O=C(CC1CCCC1)c1cnc(C#Cc2cccc(F)c2)s1. The van der Waals surface area contributed by atoms with Crippen LogP contribution in [0.25, 0.3) is 0 Å². The number of aromatic nitrogens is 1. The number of rotatable bonds is 3. The van der Waals surface area contributed by atoms with Gasteiger partial charge in [0, 0.05) is 12.0 Å². The van der Waals surface area contributed by atoms with Crippen LogP contribution in [0.2, 0.25) is 0 Å². The molecular formula is C18H16FNOS. The largest absolute Gasteiger partial charge is 0.293 e. The summed E-state index contributed by atoms with van der Waals surface area (Å²) in [6.45, 7) is 0. The quantitative estimate of drug-likeness (QED) is 0.619. The molecule has 0 spiro atoms. The number of thiazole rings is 1. The number of Topliss-reactive ketones (excluding diaryl/α,β-unsaturated/α-hetero) is 1. The lowest BCUT2D eigenvalue weighted by atomic mass is 10.0. The molecule has 4 heteroatoms. The van der Waals surface area contributed by atoms with Gasteiger partial charge in [-0.05, 0) is 30.0 Å². The van der Waals surface area contributed by atoms with Crippen molar-refractivity contribution in [2.45, 2.75) is 32.1 Å². The van der Waals surface area contributed by atoms with Gasteiger partial charge in [-0.3, -0.25) is 4.79 Å². The van der Waals surface area contributed by atoms with E-state index in [9.17, 15) is 9.18 Å². The van der Waals surface area contributed by atoms with Gasteiger partial charge in [0.15, 0.2) is 10.8 Å². The van der Waals surface area contributed by atoms with Crippen LogP contribution in [0.4, 0.5) is 4.39 Å². The molecule has 3 rings (SSSR count). The molecule has 0 saturated heterocycles. The molecule has 1 aromatic carbocycles. The lowest BCUT2D eigenvalue weighted by molar-refractivity contribution is 0.0966. The molecule has 0 amide bonds. The Morgan fingerprint density at radius 3 is 2.91 bits per heavy atom. The minimum atomic E-state index is -0.307. The first kappa shape index (κ1) is 14.9. The number of carbonyl (C=O) groups excluding carboxylic acids is 1. The van der Waals surface area contributed by atoms with Gasteiger partial charge in [-0.15, -0.1) is 11.3 Å². The van der Waals surface area contributed by atoms with Crippen LogP contribution >= 0.6 is 11.3 Å². The van der Waals surface area contributed by atoms with Gasteiger partial charge in [-0.2, -0.15) is 0 Å². The van der Waals surface area contributed by atoms with E-state index in [2.05, 4.69) is 16.8 Å². The fourth-order valence-corrected chi connectivity index (χ4v) is 3.45. The molecule has 0 bridgehead atoms. The Kier molecular flexibility index (Phi) is 4.65. The third-order valence-electron chi connectivity index (χ3n) is 3.87. The van der Waals surface area contributed by atoms with Gasteiger partial charge in [-0.25, -0.2) is 9.37 Å². The van der Waals surface area contributed by atoms with Crippen LogP contribution < -0.4 is 0 Å². The van der Waals surface area contributed by atoms with Gasteiger partial charge in [-0.1, -0.05) is 37.7 Å². The Balaban J connectivity index is 1.67. The van der Waals surface area contributed by atoms with E-state index in [0.29, 0.717) is 27.8 Å². The zero-order valence-corrected chi connectivity index (χ0v) is 13.0. The summed E-state index contributed by atoms with van der Waals surface area (Å²) in [7, 11) is 0. The van der Waals surface area contributed by atoms with Crippen LogP contribution in [0.3, 0.4) is 0 Å². The molecule has 1 aromatic heterocycles. The Hall–Kier alpha value is -1.99. The third kappa shape index (κ3) is 3.80. The summed E-state index contributed by atoms with van der Waals surface area (Å²) in [6.07, 6.45) is 7.04. The summed E-state index contributed by atoms with van der Waals surface area (Å²) in [5.74, 6) is 6.17. The van der Waals surface area contributed by atoms with E-state index in [1.165, 1.54) is 36.3 Å². The molecule has 0 unspecified atom stereocenters. The molecule has 1 fully saturated rings. The summed E-state index contributed by atoms with van der Waals surface area (Å²) >= 11 is 1.32. The Labute approximate surface area is 133 Å². The predicted octanol–water partition coefficient (Wildman–Crippen LogP) is 4.45. The monoisotopic (exact) mass is 313 g/mol. The van der Waals surface area contributed by atoms with E-state index in [1.807, 2.05) is 0 Å². The fourth-order valence-electron chi connectivity index (χ4n) is 2.73. The molecular weight excluding hydrogens is 297 g/mol. The van der Waals surface area contributed by atoms with Gasteiger partial charge < -0.3 is 0 Å². The molecule has 0 radical (unpaired) electrons. The minimum absolute atomic E-state index is 0.170. The van der Waals surface area contributed by atoms with E-state index in [-0.39, 0.29) is 11.6 Å². The number of hydrogen-bond donors (Lipinski definition) is 0. The molecule has 0 atom stereocenters. The molecule has 1 heterocycles. The molecule has 112 valence electrons. The standard InChI is InChI=1S/C18H16FNOS/c19-15-7-3-6-14(10-15)8-9-18-20-12-17(22-18)16(21)11-13-4-1-2-5-13/h3,6-7,10,12-13H,1-2,4-5,11H2. The highest BCUT2D eigenvalue weighted by atomic mass is 32.1. The summed E-state index contributed by atoms with van der Waals surface area (Å²) in [5, 5.41) is 0.596. The molecule has 2 nitrogen and oxygen atoms in total. The summed E-state index contributed by atoms with van der Waals surface area (Å²) in [5.41, 5.74) is 0.606. The van der Waals surface area contributed by atoms with Crippen LogP contribution in [0, 0.1) is 23.6 Å². The van der Waals surface area contributed by atoms with E-state index < -0.39 is 0 Å². The Morgan fingerprint density at radius 2 is 2.14 bits per heavy atom. The lowest BCUT2D eigenvalue weighted by Gasteiger charge is -2.05. The second-order valence-corrected chi connectivity index (χ2v) is 6.60. The van der Waals surface area contributed by atoms with Crippen molar-refractivity contribution in [2.75, 3.05) is 0 Å². The van der Waals surface area contributed by atoms with E-state index in [1.54, 1.807) is 18.3 Å². The number of halogens is 1. The van der Waals surface area contributed by atoms with Gasteiger partial charge in [0.1, 0.15) is 5.82 Å².